The minimum atomic E-state index is -0.834. The van der Waals surface area contributed by atoms with E-state index in [0.717, 1.165) is 28.1 Å². The summed E-state index contributed by atoms with van der Waals surface area (Å²) in [6.07, 6.45) is 0. The molecule has 0 saturated heterocycles. The lowest BCUT2D eigenvalue weighted by atomic mass is 10.1. The SMILES string of the molecule is O=c1n(-c2ccc(F)cc2F)nc2n1CNc1ccccc1-2. The Balaban J connectivity index is 1.95. The number of aromatic nitrogens is 3. The number of halogens is 2. The van der Waals surface area contributed by atoms with E-state index in [9.17, 15) is 13.6 Å². The van der Waals surface area contributed by atoms with E-state index >= 15 is 0 Å². The van der Waals surface area contributed by atoms with Crippen LogP contribution >= 0.6 is 0 Å². The number of nitrogens with zero attached hydrogens (tertiary/aromatic N) is 3. The third-order valence-electron chi connectivity index (χ3n) is 3.60. The molecule has 0 saturated carbocycles. The summed E-state index contributed by atoms with van der Waals surface area (Å²) in [5, 5.41) is 7.32. The summed E-state index contributed by atoms with van der Waals surface area (Å²) in [5.41, 5.74) is 1.05. The fourth-order valence-corrected chi connectivity index (χ4v) is 2.54. The van der Waals surface area contributed by atoms with Crippen molar-refractivity contribution in [2.75, 3.05) is 5.32 Å². The minimum Gasteiger partial charge on any atom is -0.367 e. The molecule has 0 radical (unpaired) electrons. The first kappa shape index (κ1) is 12.8. The van der Waals surface area contributed by atoms with Crippen molar-refractivity contribution in [2.45, 2.75) is 6.67 Å². The quantitative estimate of drug-likeness (QED) is 0.750. The maximum atomic E-state index is 13.9. The first-order chi connectivity index (χ1) is 10.6. The van der Waals surface area contributed by atoms with E-state index in [1.807, 2.05) is 24.3 Å². The predicted octanol–water partition coefficient (Wildman–Crippen LogP) is 2.36. The van der Waals surface area contributed by atoms with E-state index in [2.05, 4.69) is 10.4 Å². The molecular formula is C15H10F2N4O. The number of hydrogen-bond acceptors (Lipinski definition) is 3. The molecule has 0 spiro atoms. The summed E-state index contributed by atoms with van der Waals surface area (Å²) in [6, 6.07) is 10.4. The first-order valence-corrected chi connectivity index (χ1v) is 6.64. The van der Waals surface area contributed by atoms with Crippen LogP contribution in [0.15, 0.2) is 47.3 Å². The molecule has 7 heteroatoms. The lowest BCUT2D eigenvalue weighted by Gasteiger charge is -2.17. The molecule has 0 amide bonds. The summed E-state index contributed by atoms with van der Waals surface area (Å²) in [5.74, 6) is -1.09. The molecule has 0 bridgehead atoms. The number of fused-ring (bicyclic) bond motifs is 3. The highest BCUT2D eigenvalue weighted by molar-refractivity contribution is 5.75. The Kier molecular flexibility index (Phi) is 2.62. The van der Waals surface area contributed by atoms with Gasteiger partial charge in [0.15, 0.2) is 11.6 Å². The van der Waals surface area contributed by atoms with E-state index in [1.54, 1.807) is 0 Å². The van der Waals surface area contributed by atoms with E-state index < -0.39 is 17.3 Å². The molecule has 0 unspecified atom stereocenters. The molecule has 110 valence electrons. The van der Waals surface area contributed by atoms with Crippen LogP contribution in [0.3, 0.4) is 0 Å². The zero-order valence-corrected chi connectivity index (χ0v) is 11.3. The topological polar surface area (TPSA) is 51.9 Å². The van der Waals surface area contributed by atoms with Crippen LogP contribution in [-0.2, 0) is 6.67 Å². The van der Waals surface area contributed by atoms with Crippen LogP contribution in [0.1, 0.15) is 0 Å². The Bertz CT molecular complexity index is 945. The van der Waals surface area contributed by atoms with Crippen LogP contribution in [0.2, 0.25) is 0 Å². The lowest BCUT2D eigenvalue weighted by molar-refractivity contribution is 0.571. The van der Waals surface area contributed by atoms with Gasteiger partial charge in [-0.3, -0.25) is 4.57 Å². The van der Waals surface area contributed by atoms with Gasteiger partial charge in [0.1, 0.15) is 11.5 Å². The molecule has 0 aliphatic carbocycles. The van der Waals surface area contributed by atoms with Crippen molar-refractivity contribution < 1.29 is 8.78 Å². The fraction of sp³-hybridized carbons (Fsp3) is 0.0667. The maximum absolute atomic E-state index is 13.9. The summed E-state index contributed by atoms with van der Waals surface area (Å²) < 4.78 is 29.3. The van der Waals surface area contributed by atoms with Crippen molar-refractivity contribution in [3.05, 3.63) is 64.6 Å². The van der Waals surface area contributed by atoms with Crippen LogP contribution in [0.4, 0.5) is 14.5 Å². The average molecular weight is 300 g/mol. The Morgan fingerprint density at radius 2 is 1.95 bits per heavy atom. The number of nitrogens with one attached hydrogen (secondary N) is 1. The number of para-hydroxylation sites is 1. The zero-order valence-electron chi connectivity index (χ0n) is 11.3. The van der Waals surface area contributed by atoms with E-state index in [-0.39, 0.29) is 12.4 Å². The highest BCUT2D eigenvalue weighted by Crippen LogP contribution is 2.29. The van der Waals surface area contributed by atoms with Gasteiger partial charge < -0.3 is 5.32 Å². The third-order valence-corrected chi connectivity index (χ3v) is 3.60. The van der Waals surface area contributed by atoms with Crippen molar-refractivity contribution in [1.29, 1.82) is 0 Å². The van der Waals surface area contributed by atoms with Gasteiger partial charge in [0, 0.05) is 17.3 Å². The summed E-state index contributed by atoms with van der Waals surface area (Å²) in [6.45, 7) is 0.244. The van der Waals surface area contributed by atoms with Crippen molar-refractivity contribution in [2.24, 2.45) is 0 Å². The van der Waals surface area contributed by atoms with Gasteiger partial charge in [-0.2, -0.15) is 4.68 Å². The molecule has 5 nitrogen and oxygen atoms in total. The lowest BCUT2D eigenvalue weighted by Crippen LogP contribution is -2.28. The molecule has 0 atom stereocenters. The minimum absolute atomic E-state index is 0.0780. The Morgan fingerprint density at radius 3 is 2.77 bits per heavy atom. The van der Waals surface area contributed by atoms with Gasteiger partial charge >= 0.3 is 5.69 Å². The highest BCUT2D eigenvalue weighted by atomic mass is 19.1. The second-order valence-corrected chi connectivity index (χ2v) is 4.92. The molecule has 0 fully saturated rings. The smallest absolute Gasteiger partial charge is 0.352 e. The van der Waals surface area contributed by atoms with E-state index in [0.29, 0.717) is 5.82 Å². The van der Waals surface area contributed by atoms with Crippen molar-refractivity contribution in [3.63, 3.8) is 0 Å². The van der Waals surface area contributed by atoms with Crippen molar-refractivity contribution in [1.82, 2.24) is 14.3 Å². The summed E-state index contributed by atoms with van der Waals surface area (Å²) in [7, 11) is 0. The van der Waals surface area contributed by atoms with Crippen LogP contribution in [0, 0.1) is 11.6 Å². The number of anilines is 1. The predicted molar refractivity (Wildman–Crippen MR) is 76.8 cm³/mol. The summed E-state index contributed by atoms with van der Waals surface area (Å²) >= 11 is 0. The number of benzene rings is 2. The van der Waals surface area contributed by atoms with Crippen LogP contribution in [0.5, 0.6) is 0 Å². The molecular weight excluding hydrogens is 290 g/mol. The van der Waals surface area contributed by atoms with Crippen LogP contribution < -0.4 is 11.0 Å². The average Bonchev–Trinajstić information content (AvgIpc) is 2.85. The van der Waals surface area contributed by atoms with Crippen molar-refractivity contribution >= 4 is 5.69 Å². The second-order valence-electron chi connectivity index (χ2n) is 4.92. The second kappa shape index (κ2) is 4.52. The van der Waals surface area contributed by atoms with Gasteiger partial charge in [0.05, 0.1) is 6.67 Å². The Morgan fingerprint density at radius 1 is 1.14 bits per heavy atom. The molecule has 1 N–H and O–H groups in total. The monoisotopic (exact) mass is 300 g/mol. The fourth-order valence-electron chi connectivity index (χ4n) is 2.54. The van der Waals surface area contributed by atoms with Gasteiger partial charge in [-0.1, -0.05) is 12.1 Å². The maximum Gasteiger partial charge on any atom is 0.352 e. The van der Waals surface area contributed by atoms with Crippen molar-refractivity contribution in [3.8, 4) is 17.1 Å². The Hall–Kier alpha value is -2.96. The molecule has 3 aromatic rings. The molecule has 1 aliphatic rings. The molecule has 22 heavy (non-hydrogen) atoms. The molecule has 4 rings (SSSR count). The molecule has 2 aromatic carbocycles. The highest BCUT2D eigenvalue weighted by Gasteiger charge is 2.23. The normalized spacial score (nSPS) is 12.5. The van der Waals surface area contributed by atoms with Gasteiger partial charge in [0.2, 0.25) is 0 Å². The molecule has 2 heterocycles. The van der Waals surface area contributed by atoms with Gasteiger partial charge in [0.25, 0.3) is 0 Å². The molecule has 1 aliphatic heterocycles. The zero-order chi connectivity index (χ0) is 15.3. The van der Waals surface area contributed by atoms with E-state index in [1.165, 1.54) is 10.6 Å². The number of hydrogen-bond donors (Lipinski definition) is 1. The van der Waals surface area contributed by atoms with E-state index in [4.69, 9.17) is 0 Å². The Labute approximate surface area is 123 Å². The summed E-state index contributed by atoms with van der Waals surface area (Å²) in [4.78, 5) is 12.4. The van der Waals surface area contributed by atoms with Crippen LogP contribution in [-0.4, -0.2) is 14.3 Å². The largest absolute Gasteiger partial charge is 0.367 e. The van der Waals surface area contributed by atoms with Crippen LogP contribution in [0.25, 0.3) is 17.1 Å². The van der Waals surface area contributed by atoms with Gasteiger partial charge in [-0.05, 0) is 24.3 Å². The number of rotatable bonds is 1. The third kappa shape index (κ3) is 1.75. The van der Waals surface area contributed by atoms with Gasteiger partial charge in [-0.25, -0.2) is 13.6 Å². The van der Waals surface area contributed by atoms with Gasteiger partial charge in [-0.15, -0.1) is 5.10 Å². The molecule has 1 aromatic heterocycles. The standard InChI is InChI=1S/C15H10F2N4O/c16-9-5-6-13(11(17)7-9)21-15(22)20-8-18-12-4-2-1-3-10(12)14(20)19-21/h1-7,18H,8H2. The first-order valence-electron chi connectivity index (χ1n) is 6.64.